The van der Waals surface area contributed by atoms with E-state index >= 15 is 0 Å². The van der Waals surface area contributed by atoms with Gasteiger partial charge in [0.05, 0.1) is 11.3 Å². The molecule has 0 fully saturated rings. The molecule has 2 aromatic heterocycles. The summed E-state index contributed by atoms with van der Waals surface area (Å²) in [5, 5.41) is 4.09. The zero-order valence-corrected chi connectivity index (χ0v) is 11.9. The zero-order chi connectivity index (χ0) is 12.6. The van der Waals surface area contributed by atoms with Gasteiger partial charge in [-0.05, 0) is 33.6 Å². The molecule has 0 atom stereocenters. The molecule has 2 heterocycles. The molecule has 0 saturated heterocycles. The summed E-state index contributed by atoms with van der Waals surface area (Å²) in [7, 11) is -0.209. The highest BCUT2D eigenvalue weighted by Gasteiger charge is 2.17. The van der Waals surface area contributed by atoms with Crippen LogP contribution in [0.15, 0.2) is 29.0 Å². The van der Waals surface area contributed by atoms with Crippen LogP contribution in [0.5, 0.6) is 0 Å². The van der Waals surface area contributed by atoms with Crippen LogP contribution in [0, 0.1) is 0 Å². The normalized spacial score (nSPS) is 12.5. The third kappa shape index (κ3) is 2.51. The number of hydrogen-bond donors (Lipinski definition) is 0. The summed E-state index contributed by atoms with van der Waals surface area (Å²) in [6, 6.07) is 3.60. The number of hydrogen-bond acceptors (Lipinski definition) is 3. The number of aromatic nitrogens is 2. The van der Waals surface area contributed by atoms with Crippen molar-refractivity contribution in [3.8, 4) is 0 Å². The SMILES string of the molecule is CN(C)S(=O)(=O)Cc1cc(Br)cn2nccc12. The molecule has 0 amide bonds. The van der Waals surface area contributed by atoms with Gasteiger partial charge in [0, 0.05) is 31.0 Å². The first-order valence-electron chi connectivity index (χ1n) is 4.92. The lowest BCUT2D eigenvalue weighted by atomic mass is 10.2. The first-order valence-corrected chi connectivity index (χ1v) is 7.32. The molecule has 17 heavy (non-hydrogen) atoms. The van der Waals surface area contributed by atoms with Crippen molar-refractivity contribution >= 4 is 31.5 Å². The Labute approximate surface area is 108 Å². The van der Waals surface area contributed by atoms with Gasteiger partial charge in [-0.3, -0.25) is 0 Å². The molecule has 0 aromatic carbocycles. The van der Waals surface area contributed by atoms with E-state index in [4.69, 9.17) is 0 Å². The van der Waals surface area contributed by atoms with Crippen LogP contribution in [-0.2, 0) is 15.8 Å². The van der Waals surface area contributed by atoms with Crippen LogP contribution in [0.2, 0.25) is 0 Å². The Morgan fingerprint density at radius 2 is 2.18 bits per heavy atom. The van der Waals surface area contributed by atoms with Gasteiger partial charge in [-0.15, -0.1) is 0 Å². The molecule has 0 aliphatic heterocycles. The molecular weight excluding hydrogens is 306 g/mol. The largest absolute Gasteiger partial charge is 0.240 e. The third-order valence-electron chi connectivity index (χ3n) is 2.45. The number of halogens is 1. The fourth-order valence-electron chi connectivity index (χ4n) is 1.51. The predicted molar refractivity (Wildman–Crippen MR) is 69.2 cm³/mol. The predicted octanol–water partition coefficient (Wildman–Crippen LogP) is 1.49. The quantitative estimate of drug-likeness (QED) is 0.861. The van der Waals surface area contributed by atoms with E-state index in [2.05, 4.69) is 21.0 Å². The van der Waals surface area contributed by atoms with E-state index in [0.717, 1.165) is 15.6 Å². The van der Waals surface area contributed by atoms with E-state index in [0.29, 0.717) is 0 Å². The Hall–Kier alpha value is -0.920. The fourth-order valence-corrected chi connectivity index (χ4v) is 2.86. The van der Waals surface area contributed by atoms with Crippen LogP contribution in [0.3, 0.4) is 0 Å². The molecular formula is C10H12BrN3O2S. The van der Waals surface area contributed by atoms with Crippen molar-refractivity contribution in [1.82, 2.24) is 13.9 Å². The maximum absolute atomic E-state index is 11.9. The van der Waals surface area contributed by atoms with Crippen molar-refractivity contribution in [3.05, 3.63) is 34.6 Å². The second kappa shape index (κ2) is 4.40. The van der Waals surface area contributed by atoms with Crippen LogP contribution >= 0.6 is 15.9 Å². The maximum Gasteiger partial charge on any atom is 0.217 e. The zero-order valence-electron chi connectivity index (χ0n) is 9.46. The Morgan fingerprint density at radius 1 is 1.47 bits per heavy atom. The molecule has 0 aliphatic rings. The van der Waals surface area contributed by atoms with Gasteiger partial charge >= 0.3 is 0 Å². The summed E-state index contributed by atoms with van der Waals surface area (Å²) in [5.41, 5.74) is 1.53. The summed E-state index contributed by atoms with van der Waals surface area (Å²) < 4.78 is 27.4. The number of nitrogens with zero attached hydrogens (tertiary/aromatic N) is 3. The Bertz CT molecular complexity index is 649. The van der Waals surface area contributed by atoms with Gasteiger partial charge in [-0.1, -0.05) is 0 Å². The lowest BCUT2D eigenvalue weighted by Gasteiger charge is -2.12. The van der Waals surface area contributed by atoms with Crippen LogP contribution in [0.25, 0.3) is 5.52 Å². The average Bonchev–Trinajstić information content (AvgIpc) is 2.64. The summed E-state index contributed by atoms with van der Waals surface area (Å²) in [5.74, 6) is -0.0331. The molecule has 0 bridgehead atoms. The number of sulfonamides is 1. The van der Waals surface area contributed by atoms with E-state index in [9.17, 15) is 8.42 Å². The molecule has 0 radical (unpaired) electrons. The maximum atomic E-state index is 11.9. The lowest BCUT2D eigenvalue weighted by Crippen LogP contribution is -2.24. The third-order valence-corrected chi connectivity index (χ3v) is 4.67. The first-order chi connectivity index (χ1) is 7.90. The van der Waals surface area contributed by atoms with Crippen molar-refractivity contribution in [3.63, 3.8) is 0 Å². The minimum atomic E-state index is -3.27. The average molecular weight is 318 g/mol. The molecule has 0 saturated carbocycles. The van der Waals surface area contributed by atoms with Gasteiger partial charge < -0.3 is 0 Å². The molecule has 2 aromatic rings. The number of fused-ring (bicyclic) bond motifs is 1. The second-order valence-electron chi connectivity index (χ2n) is 3.88. The minimum absolute atomic E-state index is 0.0331. The monoisotopic (exact) mass is 317 g/mol. The van der Waals surface area contributed by atoms with E-state index < -0.39 is 10.0 Å². The summed E-state index contributed by atoms with van der Waals surface area (Å²) in [6.07, 6.45) is 3.44. The lowest BCUT2D eigenvalue weighted by molar-refractivity contribution is 0.520. The van der Waals surface area contributed by atoms with E-state index in [1.807, 2.05) is 0 Å². The molecule has 0 aliphatic carbocycles. The van der Waals surface area contributed by atoms with Crippen molar-refractivity contribution in [1.29, 1.82) is 0 Å². The van der Waals surface area contributed by atoms with Crippen molar-refractivity contribution in [2.24, 2.45) is 0 Å². The highest BCUT2D eigenvalue weighted by Crippen LogP contribution is 2.20. The minimum Gasteiger partial charge on any atom is -0.240 e. The van der Waals surface area contributed by atoms with Gasteiger partial charge in [-0.2, -0.15) is 5.10 Å². The molecule has 5 nitrogen and oxygen atoms in total. The van der Waals surface area contributed by atoms with Crippen LogP contribution in [0.4, 0.5) is 0 Å². The van der Waals surface area contributed by atoms with Crippen LogP contribution in [0.1, 0.15) is 5.56 Å². The molecule has 0 unspecified atom stereocenters. The first kappa shape index (κ1) is 12.5. The standard InChI is InChI=1S/C10H12BrN3O2S/c1-13(2)17(15,16)7-8-5-9(11)6-14-10(8)3-4-12-14/h3-6H,7H2,1-2H3. The Balaban J connectivity index is 2.52. The van der Waals surface area contributed by atoms with Gasteiger partial charge in [0.15, 0.2) is 0 Å². The molecule has 92 valence electrons. The molecule has 0 spiro atoms. The van der Waals surface area contributed by atoms with E-state index in [-0.39, 0.29) is 5.75 Å². The highest BCUT2D eigenvalue weighted by molar-refractivity contribution is 9.10. The van der Waals surface area contributed by atoms with Crippen LogP contribution in [-0.4, -0.2) is 36.4 Å². The van der Waals surface area contributed by atoms with Gasteiger partial charge in [0.1, 0.15) is 0 Å². The Morgan fingerprint density at radius 3 is 2.82 bits per heavy atom. The summed E-state index contributed by atoms with van der Waals surface area (Å²) >= 11 is 3.34. The summed E-state index contributed by atoms with van der Waals surface area (Å²) in [6.45, 7) is 0. The molecule has 2 rings (SSSR count). The van der Waals surface area contributed by atoms with E-state index in [1.165, 1.54) is 18.4 Å². The number of rotatable bonds is 3. The summed E-state index contributed by atoms with van der Waals surface area (Å²) in [4.78, 5) is 0. The topological polar surface area (TPSA) is 54.7 Å². The fraction of sp³-hybridized carbons (Fsp3) is 0.300. The van der Waals surface area contributed by atoms with Crippen LogP contribution < -0.4 is 0 Å². The Kier molecular flexibility index (Phi) is 3.24. The van der Waals surface area contributed by atoms with Crippen molar-refractivity contribution in [2.45, 2.75) is 5.75 Å². The smallest absolute Gasteiger partial charge is 0.217 e. The van der Waals surface area contributed by atoms with Gasteiger partial charge in [0.2, 0.25) is 10.0 Å². The molecule has 7 heteroatoms. The van der Waals surface area contributed by atoms with Crippen molar-refractivity contribution in [2.75, 3.05) is 14.1 Å². The van der Waals surface area contributed by atoms with Gasteiger partial charge in [0.25, 0.3) is 0 Å². The molecule has 0 N–H and O–H groups in total. The highest BCUT2D eigenvalue weighted by atomic mass is 79.9. The van der Waals surface area contributed by atoms with Crippen molar-refractivity contribution < 1.29 is 8.42 Å². The second-order valence-corrected chi connectivity index (χ2v) is 6.98. The van der Waals surface area contributed by atoms with Gasteiger partial charge in [-0.25, -0.2) is 17.2 Å². The number of pyridine rings is 1. The van der Waals surface area contributed by atoms with E-state index in [1.54, 1.807) is 29.0 Å².